The van der Waals surface area contributed by atoms with E-state index in [0.717, 1.165) is 25.9 Å². The van der Waals surface area contributed by atoms with Gasteiger partial charge in [-0.3, -0.25) is 4.79 Å². The summed E-state index contributed by atoms with van der Waals surface area (Å²) in [7, 11) is 1.43. The van der Waals surface area contributed by atoms with E-state index in [1.54, 1.807) is 0 Å². The molecule has 0 aliphatic rings. The summed E-state index contributed by atoms with van der Waals surface area (Å²) in [4.78, 5) is 11.1. The second-order valence-corrected chi connectivity index (χ2v) is 3.84. The van der Waals surface area contributed by atoms with Crippen LogP contribution in [0.2, 0.25) is 0 Å². The summed E-state index contributed by atoms with van der Waals surface area (Å²) in [5.74, 6) is -0.147. The number of rotatable bonds is 6. The van der Waals surface area contributed by atoms with Gasteiger partial charge in [-0.2, -0.15) is 0 Å². The van der Waals surface area contributed by atoms with Crippen molar-refractivity contribution in [2.24, 2.45) is 0 Å². The second kappa shape index (κ2) is 8.49. The minimum absolute atomic E-state index is 0. The zero-order valence-electron chi connectivity index (χ0n) is 10.8. The quantitative estimate of drug-likeness (QED) is 0.348. The number of hydrogen-bond acceptors (Lipinski definition) is 2. The molecule has 0 radical (unpaired) electrons. The van der Waals surface area contributed by atoms with Crippen LogP contribution in [0.5, 0.6) is 0 Å². The Hall–Kier alpha value is -0.590. The lowest BCUT2D eigenvalue weighted by atomic mass is 10.2. The highest BCUT2D eigenvalue weighted by Gasteiger charge is 2.13. The van der Waals surface area contributed by atoms with E-state index in [2.05, 4.69) is 40.2 Å². The van der Waals surface area contributed by atoms with Gasteiger partial charge in [-0.1, -0.05) is 6.92 Å². The van der Waals surface area contributed by atoms with Gasteiger partial charge in [0.25, 0.3) is 0 Å². The number of aryl methyl sites for hydroxylation is 3. The molecule has 98 valence electrons. The van der Waals surface area contributed by atoms with E-state index in [1.165, 1.54) is 12.8 Å². The molecule has 4 nitrogen and oxygen atoms in total. The minimum Gasteiger partial charge on any atom is -1.00 e. The van der Waals surface area contributed by atoms with Gasteiger partial charge in [0.05, 0.1) is 26.6 Å². The molecule has 1 aromatic rings. The summed E-state index contributed by atoms with van der Waals surface area (Å²) in [6.45, 7) is 6.23. The molecule has 0 unspecified atom stereocenters. The third-order valence-electron chi connectivity index (χ3n) is 2.61. The van der Waals surface area contributed by atoms with Gasteiger partial charge in [-0.05, 0) is 13.3 Å². The summed E-state index contributed by atoms with van der Waals surface area (Å²) in [5, 5.41) is 0. The zero-order chi connectivity index (χ0) is 12.0. The van der Waals surface area contributed by atoms with Gasteiger partial charge in [0, 0.05) is 6.42 Å². The standard InChI is InChI=1S/C12H21N2O2.HI/c1-4-8-13-9-11(14(5-2)10-13)6-7-12(15)16-3;/h9-10H,4-8H2,1-3H3;1H/q+1;/p-1. The number of nitrogens with zero attached hydrogens (tertiary/aromatic N) is 2. The Morgan fingerprint density at radius 2 is 2.18 bits per heavy atom. The van der Waals surface area contributed by atoms with Gasteiger partial charge in [0.2, 0.25) is 6.33 Å². The molecule has 0 saturated carbocycles. The smallest absolute Gasteiger partial charge is 0.305 e. The van der Waals surface area contributed by atoms with Gasteiger partial charge < -0.3 is 28.7 Å². The highest BCUT2D eigenvalue weighted by molar-refractivity contribution is 5.69. The second-order valence-electron chi connectivity index (χ2n) is 3.84. The molecule has 5 heteroatoms. The van der Waals surface area contributed by atoms with Gasteiger partial charge >= 0.3 is 5.97 Å². The van der Waals surface area contributed by atoms with Crippen LogP contribution in [-0.4, -0.2) is 17.6 Å². The number of carbonyl (C=O) groups excluding carboxylic acids is 1. The van der Waals surface area contributed by atoms with Crippen molar-refractivity contribution in [1.82, 2.24) is 4.57 Å². The van der Waals surface area contributed by atoms with Crippen LogP contribution in [0.15, 0.2) is 12.5 Å². The van der Waals surface area contributed by atoms with Crippen LogP contribution >= 0.6 is 0 Å². The van der Waals surface area contributed by atoms with E-state index >= 15 is 0 Å². The van der Waals surface area contributed by atoms with E-state index in [-0.39, 0.29) is 29.9 Å². The molecule has 17 heavy (non-hydrogen) atoms. The van der Waals surface area contributed by atoms with Crippen LogP contribution in [0.4, 0.5) is 0 Å². The van der Waals surface area contributed by atoms with Crippen LogP contribution in [0, 0.1) is 0 Å². The average Bonchev–Trinajstić information content (AvgIpc) is 2.68. The number of methoxy groups -OCH3 is 1. The Labute approximate surface area is 120 Å². The van der Waals surface area contributed by atoms with Crippen molar-refractivity contribution < 1.29 is 38.1 Å². The molecule has 0 amide bonds. The highest BCUT2D eigenvalue weighted by atomic mass is 127. The van der Waals surface area contributed by atoms with Crippen LogP contribution in [0.3, 0.4) is 0 Å². The van der Waals surface area contributed by atoms with Gasteiger partial charge in [-0.15, -0.1) is 0 Å². The molecule has 0 aromatic carbocycles. The molecule has 0 N–H and O–H groups in total. The van der Waals surface area contributed by atoms with E-state index in [1.807, 2.05) is 0 Å². The lowest BCUT2D eigenvalue weighted by Gasteiger charge is -1.97. The molecule has 0 atom stereocenters. The minimum atomic E-state index is -0.147. The largest absolute Gasteiger partial charge is 1.00 e. The first-order valence-corrected chi connectivity index (χ1v) is 5.86. The molecule has 1 aromatic heterocycles. The third-order valence-corrected chi connectivity index (χ3v) is 2.61. The van der Waals surface area contributed by atoms with E-state index in [4.69, 9.17) is 0 Å². The first kappa shape index (κ1) is 16.4. The first-order valence-electron chi connectivity index (χ1n) is 5.86. The normalized spacial score (nSPS) is 9.82. The Kier molecular flexibility index (Phi) is 8.20. The summed E-state index contributed by atoms with van der Waals surface area (Å²) >= 11 is 0. The predicted molar refractivity (Wildman–Crippen MR) is 60.9 cm³/mol. The maximum absolute atomic E-state index is 11.1. The Balaban J connectivity index is 0.00000256. The zero-order valence-corrected chi connectivity index (χ0v) is 12.9. The average molecular weight is 352 g/mol. The third kappa shape index (κ3) is 5.06. The molecule has 1 heterocycles. The van der Waals surface area contributed by atoms with Crippen LogP contribution < -0.4 is 28.5 Å². The Morgan fingerprint density at radius 3 is 2.71 bits per heavy atom. The van der Waals surface area contributed by atoms with Crippen molar-refractivity contribution >= 4 is 5.97 Å². The molecule has 0 spiro atoms. The maximum atomic E-state index is 11.1. The van der Waals surface area contributed by atoms with E-state index in [9.17, 15) is 4.79 Å². The van der Waals surface area contributed by atoms with Crippen molar-refractivity contribution in [2.45, 2.75) is 46.2 Å². The topological polar surface area (TPSA) is 35.1 Å². The Bertz CT molecular complexity index is 350. The highest BCUT2D eigenvalue weighted by Crippen LogP contribution is 2.03. The van der Waals surface area contributed by atoms with Gasteiger partial charge in [0.1, 0.15) is 11.9 Å². The lowest BCUT2D eigenvalue weighted by molar-refractivity contribution is -0.696. The van der Waals surface area contributed by atoms with Gasteiger partial charge in [0.15, 0.2) is 0 Å². The number of hydrogen-bond donors (Lipinski definition) is 0. The van der Waals surface area contributed by atoms with Crippen molar-refractivity contribution in [2.75, 3.05) is 7.11 Å². The van der Waals surface area contributed by atoms with Gasteiger partial charge in [-0.25, -0.2) is 9.13 Å². The summed E-state index contributed by atoms with van der Waals surface area (Å²) < 4.78 is 9.00. The number of aromatic nitrogens is 2. The van der Waals surface area contributed by atoms with Crippen molar-refractivity contribution in [3.05, 3.63) is 18.2 Å². The summed E-state index contributed by atoms with van der Waals surface area (Å²) in [6.07, 6.45) is 6.55. The lowest BCUT2D eigenvalue weighted by Crippen LogP contribution is -3.00. The molecular formula is C12H21IN2O2. The maximum Gasteiger partial charge on any atom is 0.305 e. The molecule has 0 aliphatic carbocycles. The number of esters is 1. The summed E-state index contributed by atoms with van der Waals surface area (Å²) in [6, 6.07) is 0. The van der Waals surface area contributed by atoms with Crippen LogP contribution in [0.1, 0.15) is 32.4 Å². The van der Waals surface area contributed by atoms with Crippen LogP contribution in [0.25, 0.3) is 0 Å². The fourth-order valence-corrected chi connectivity index (χ4v) is 1.76. The number of ether oxygens (including phenoxy) is 1. The van der Waals surface area contributed by atoms with Crippen LogP contribution in [-0.2, 0) is 29.0 Å². The first-order chi connectivity index (χ1) is 7.71. The SMILES string of the molecule is CCC[n+]1cc(CCC(=O)OC)n(CC)c1.[I-]. The monoisotopic (exact) mass is 352 g/mol. The molecule has 0 aliphatic heterocycles. The molecule has 0 saturated heterocycles. The number of carbonyl (C=O) groups is 1. The predicted octanol–water partition coefficient (Wildman–Crippen LogP) is -1.68. The van der Waals surface area contributed by atoms with E-state index < -0.39 is 0 Å². The summed E-state index contributed by atoms with van der Waals surface area (Å²) in [5.41, 5.74) is 1.20. The molecule has 1 rings (SSSR count). The Morgan fingerprint density at radius 1 is 1.47 bits per heavy atom. The fraction of sp³-hybridized carbons (Fsp3) is 0.667. The van der Waals surface area contributed by atoms with Crippen molar-refractivity contribution in [3.8, 4) is 0 Å². The molecule has 0 fully saturated rings. The molecular weight excluding hydrogens is 331 g/mol. The van der Waals surface area contributed by atoms with E-state index in [0.29, 0.717) is 6.42 Å². The number of imidazole rings is 1. The van der Waals surface area contributed by atoms with Crippen molar-refractivity contribution in [1.29, 1.82) is 0 Å². The number of halogens is 1. The van der Waals surface area contributed by atoms with Crippen molar-refractivity contribution in [3.63, 3.8) is 0 Å². The fourth-order valence-electron chi connectivity index (χ4n) is 1.76. The molecule has 0 bridgehead atoms.